The van der Waals surface area contributed by atoms with Crippen LogP contribution in [0.3, 0.4) is 0 Å². The van der Waals surface area contributed by atoms with Crippen molar-refractivity contribution in [1.82, 2.24) is 0 Å². The van der Waals surface area contributed by atoms with E-state index in [4.69, 9.17) is 13.9 Å². The van der Waals surface area contributed by atoms with E-state index in [-0.39, 0.29) is 12.4 Å². The van der Waals surface area contributed by atoms with Crippen LogP contribution in [0.25, 0.3) is 11.0 Å². The summed E-state index contributed by atoms with van der Waals surface area (Å²) < 4.78 is 30.8. The molecule has 4 heteroatoms. The van der Waals surface area contributed by atoms with Crippen LogP contribution in [0.15, 0.2) is 40.8 Å². The van der Waals surface area contributed by atoms with Crippen molar-refractivity contribution in [3.8, 4) is 5.75 Å². The Balaban J connectivity index is 1.88. The second kappa shape index (κ2) is 7.05. The Hall–Kier alpha value is -2.33. The minimum atomic E-state index is -0.291. The lowest BCUT2D eigenvalue weighted by Crippen LogP contribution is -1.99. The average Bonchev–Trinajstić information content (AvgIpc) is 2.96. The third-order valence-electron chi connectivity index (χ3n) is 4.20. The highest BCUT2D eigenvalue weighted by molar-refractivity contribution is 5.81. The first-order valence-corrected chi connectivity index (χ1v) is 7.97. The van der Waals surface area contributed by atoms with Gasteiger partial charge in [0, 0.05) is 24.5 Å². The van der Waals surface area contributed by atoms with Crippen LogP contribution in [0.1, 0.15) is 22.5 Å². The van der Waals surface area contributed by atoms with Crippen molar-refractivity contribution in [3.05, 3.63) is 64.7 Å². The fourth-order valence-electron chi connectivity index (χ4n) is 2.71. The van der Waals surface area contributed by atoms with Crippen LogP contribution in [0.4, 0.5) is 4.39 Å². The average molecular weight is 328 g/mol. The Morgan fingerprint density at radius 2 is 1.96 bits per heavy atom. The highest BCUT2D eigenvalue weighted by atomic mass is 19.1. The van der Waals surface area contributed by atoms with Gasteiger partial charge in [0.05, 0.1) is 6.61 Å². The molecule has 2 aromatic carbocycles. The van der Waals surface area contributed by atoms with Gasteiger partial charge in [-0.2, -0.15) is 0 Å². The van der Waals surface area contributed by atoms with Gasteiger partial charge >= 0.3 is 0 Å². The number of methoxy groups -OCH3 is 1. The number of benzene rings is 2. The SMILES string of the molecule is COCCc1cc2cc(F)cc(COc3cccc(C)c3C)c2o1. The number of fused-ring (bicyclic) bond motifs is 1. The maximum Gasteiger partial charge on any atom is 0.141 e. The predicted molar refractivity (Wildman–Crippen MR) is 92.0 cm³/mol. The molecule has 0 N–H and O–H groups in total. The van der Waals surface area contributed by atoms with Crippen LogP contribution < -0.4 is 4.74 Å². The smallest absolute Gasteiger partial charge is 0.141 e. The van der Waals surface area contributed by atoms with Crippen molar-refractivity contribution in [2.75, 3.05) is 13.7 Å². The molecule has 0 amide bonds. The lowest BCUT2D eigenvalue weighted by Gasteiger charge is -2.11. The van der Waals surface area contributed by atoms with Gasteiger partial charge in [-0.25, -0.2) is 4.39 Å². The van der Waals surface area contributed by atoms with E-state index in [9.17, 15) is 4.39 Å². The summed E-state index contributed by atoms with van der Waals surface area (Å²) in [6.07, 6.45) is 0.657. The fourth-order valence-corrected chi connectivity index (χ4v) is 2.71. The van der Waals surface area contributed by atoms with Crippen molar-refractivity contribution in [2.24, 2.45) is 0 Å². The highest BCUT2D eigenvalue weighted by Gasteiger charge is 2.12. The van der Waals surface area contributed by atoms with E-state index in [0.717, 1.165) is 28.0 Å². The largest absolute Gasteiger partial charge is 0.488 e. The first kappa shape index (κ1) is 16.5. The van der Waals surface area contributed by atoms with E-state index in [1.165, 1.54) is 12.1 Å². The second-order valence-corrected chi connectivity index (χ2v) is 5.93. The number of rotatable bonds is 6. The molecule has 3 aromatic rings. The Labute approximate surface area is 141 Å². The molecule has 1 heterocycles. The van der Waals surface area contributed by atoms with Crippen molar-refractivity contribution in [2.45, 2.75) is 26.9 Å². The van der Waals surface area contributed by atoms with Gasteiger partial charge in [0.25, 0.3) is 0 Å². The Morgan fingerprint density at radius 3 is 2.75 bits per heavy atom. The number of halogens is 1. The van der Waals surface area contributed by atoms with Crippen molar-refractivity contribution in [3.63, 3.8) is 0 Å². The van der Waals surface area contributed by atoms with E-state index in [2.05, 4.69) is 0 Å². The molecule has 0 aliphatic heterocycles. The molecule has 24 heavy (non-hydrogen) atoms. The van der Waals surface area contributed by atoms with Crippen LogP contribution in [0, 0.1) is 19.7 Å². The molecule has 1 aromatic heterocycles. The van der Waals surface area contributed by atoms with E-state index in [1.54, 1.807) is 7.11 Å². The molecule has 0 saturated carbocycles. The molecule has 0 aliphatic rings. The topological polar surface area (TPSA) is 31.6 Å². The zero-order chi connectivity index (χ0) is 17.1. The number of ether oxygens (including phenoxy) is 2. The van der Waals surface area contributed by atoms with Gasteiger partial charge in [0.15, 0.2) is 0 Å². The number of hydrogen-bond donors (Lipinski definition) is 0. The zero-order valence-electron chi connectivity index (χ0n) is 14.2. The molecule has 3 nitrogen and oxygen atoms in total. The minimum absolute atomic E-state index is 0.260. The van der Waals surface area contributed by atoms with Crippen LogP contribution in [0.2, 0.25) is 0 Å². The van der Waals surface area contributed by atoms with Crippen molar-refractivity contribution < 1.29 is 18.3 Å². The summed E-state index contributed by atoms with van der Waals surface area (Å²) in [4.78, 5) is 0. The molecule has 0 saturated heterocycles. The first-order valence-electron chi connectivity index (χ1n) is 7.97. The third-order valence-corrected chi connectivity index (χ3v) is 4.20. The number of furan rings is 1. The van der Waals surface area contributed by atoms with Gasteiger partial charge in [-0.1, -0.05) is 12.1 Å². The summed E-state index contributed by atoms with van der Waals surface area (Å²) >= 11 is 0. The predicted octanol–water partition coefficient (Wildman–Crippen LogP) is 4.96. The highest BCUT2D eigenvalue weighted by Crippen LogP contribution is 2.27. The zero-order valence-corrected chi connectivity index (χ0v) is 14.2. The van der Waals surface area contributed by atoms with Gasteiger partial charge in [-0.3, -0.25) is 0 Å². The number of aryl methyl sites for hydroxylation is 1. The standard InChI is InChI=1S/C20H21FO3/c1-13-5-4-6-19(14(13)2)23-12-16-10-17(21)9-15-11-18(7-8-22-3)24-20(15)16/h4-6,9-11H,7-8,12H2,1-3H3. The van der Waals surface area contributed by atoms with E-state index in [1.807, 2.05) is 38.1 Å². The first-order chi connectivity index (χ1) is 11.6. The minimum Gasteiger partial charge on any atom is -0.488 e. The molecular formula is C20H21FO3. The normalized spacial score (nSPS) is 11.2. The maximum absolute atomic E-state index is 13.9. The molecule has 0 radical (unpaired) electrons. The van der Waals surface area contributed by atoms with Crippen LogP contribution in [-0.2, 0) is 17.8 Å². The molecule has 0 aliphatic carbocycles. The Bertz CT molecular complexity index is 851. The Kier molecular flexibility index (Phi) is 4.86. The summed E-state index contributed by atoms with van der Waals surface area (Å²) in [5.74, 6) is 1.30. The molecule has 126 valence electrons. The van der Waals surface area contributed by atoms with Crippen LogP contribution in [0.5, 0.6) is 5.75 Å². The maximum atomic E-state index is 13.9. The molecule has 0 bridgehead atoms. The quantitative estimate of drug-likeness (QED) is 0.641. The van der Waals surface area contributed by atoms with Crippen LogP contribution >= 0.6 is 0 Å². The Morgan fingerprint density at radius 1 is 1.12 bits per heavy atom. The van der Waals surface area contributed by atoms with Gasteiger partial charge in [-0.15, -0.1) is 0 Å². The molecule has 0 unspecified atom stereocenters. The summed E-state index contributed by atoms with van der Waals surface area (Å²) in [6, 6.07) is 10.7. The molecule has 0 atom stereocenters. The summed E-state index contributed by atoms with van der Waals surface area (Å²) in [5.41, 5.74) is 3.63. The van der Waals surface area contributed by atoms with Gasteiger partial charge < -0.3 is 13.9 Å². The summed E-state index contributed by atoms with van der Waals surface area (Å²) in [5, 5.41) is 0.751. The van der Waals surface area contributed by atoms with E-state index < -0.39 is 0 Å². The van der Waals surface area contributed by atoms with E-state index >= 15 is 0 Å². The fraction of sp³-hybridized carbons (Fsp3) is 0.300. The molecule has 0 spiro atoms. The van der Waals surface area contributed by atoms with Crippen LogP contribution in [-0.4, -0.2) is 13.7 Å². The molecular weight excluding hydrogens is 307 g/mol. The van der Waals surface area contributed by atoms with Gasteiger partial charge in [-0.05, 0) is 49.2 Å². The summed E-state index contributed by atoms with van der Waals surface area (Å²) in [6.45, 7) is 4.88. The lowest BCUT2D eigenvalue weighted by atomic mass is 10.1. The lowest BCUT2D eigenvalue weighted by molar-refractivity contribution is 0.197. The monoisotopic (exact) mass is 328 g/mol. The van der Waals surface area contributed by atoms with Crippen molar-refractivity contribution in [1.29, 1.82) is 0 Å². The second-order valence-electron chi connectivity index (χ2n) is 5.93. The van der Waals surface area contributed by atoms with Gasteiger partial charge in [0.1, 0.15) is 29.5 Å². The molecule has 0 fully saturated rings. The molecule has 3 rings (SSSR count). The number of hydrogen-bond acceptors (Lipinski definition) is 3. The van der Waals surface area contributed by atoms with Crippen molar-refractivity contribution >= 4 is 11.0 Å². The third kappa shape index (κ3) is 3.44. The van der Waals surface area contributed by atoms with Gasteiger partial charge in [0.2, 0.25) is 0 Å². The van der Waals surface area contributed by atoms with E-state index in [0.29, 0.717) is 24.2 Å². The summed E-state index contributed by atoms with van der Waals surface area (Å²) in [7, 11) is 1.64.